The van der Waals surface area contributed by atoms with Gasteiger partial charge in [0.2, 0.25) is 5.78 Å². The van der Waals surface area contributed by atoms with Crippen LogP contribution in [0.15, 0.2) is 39.5 Å². The van der Waals surface area contributed by atoms with Crippen LogP contribution < -0.4 is 10.9 Å². The predicted molar refractivity (Wildman–Crippen MR) is 115 cm³/mol. The van der Waals surface area contributed by atoms with Crippen molar-refractivity contribution >= 4 is 28.6 Å². The molecule has 32 heavy (non-hydrogen) atoms. The Kier molecular flexibility index (Phi) is 4.23. The van der Waals surface area contributed by atoms with Crippen molar-refractivity contribution in [3.05, 3.63) is 63.6 Å². The van der Waals surface area contributed by atoms with Crippen molar-refractivity contribution in [2.24, 2.45) is 0 Å². The predicted octanol–water partition coefficient (Wildman–Crippen LogP) is 2.24. The van der Waals surface area contributed by atoms with Crippen LogP contribution >= 0.6 is 0 Å². The Bertz CT molecular complexity index is 1480. The van der Waals surface area contributed by atoms with E-state index in [-0.39, 0.29) is 12.1 Å². The van der Waals surface area contributed by atoms with Crippen molar-refractivity contribution in [3.8, 4) is 0 Å². The lowest BCUT2D eigenvalue weighted by atomic mass is 9.92. The second kappa shape index (κ2) is 6.78. The molecule has 1 fully saturated rings. The first-order chi connectivity index (χ1) is 15.3. The molecule has 4 heterocycles. The van der Waals surface area contributed by atoms with Crippen molar-refractivity contribution in [1.82, 2.24) is 29.4 Å². The zero-order valence-corrected chi connectivity index (χ0v) is 18.2. The zero-order valence-electron chi connectivity index (χ0n) is 18.2. The molecule has 0 saturated carbocycles. The minimum Gasteiger partial charge on any atom is -0.466 e. The van der Waals surface area contributed by atoms with Gasteiger partial charge in [0.15, 0.2) is 5.82 Å². The number of fused-ring (bicyclic) bond motifs is 3. The Morgan fingerprint density at radius 2 is 1.88 bits per heavy atom. The van der Waals surface area contributed by atoms with Gasteiger partial charge in [-0.1, -0.05) is 12.1 Å². The summed E-state index contributed by atoms with van der Waals surface area (Å²) >= 11 is 0. The minimum absolute atomic E-state index is 0.0940. The molecule has 10 heteroatoms. The molecule has 4 aromatic rings. The standard InChI is InChI=1S/C22H22N6O4/c1-5-26-18(29)14-8-6-7-9-16(14)28-17(24-25-20(26)28)11-27-19(30)22(4,23-21(27)31)15-10-12(2)32-13(15)3/h6-10H,5,11H2,1-4H3,(H,23,31). The Balaban J connectivity index is 1.62. The average Bonchev–Trinajstić information content (AvgIpc) is 3.40. The van der Waals surface area contributed by atoms with E-state index < -0.39 is 17.5 Å². The molecule has 1 N–H and O–H groups in total. The van der Waals surface area contributed by atoms with E-state index in [4.69, 9.17) is 4.42 Å². The van der Waals surface area contributed by atoms with E-state index in [0.717, 1.165) is 4.90 Å². The molecule has 1 saturated heterocycles. The van der Waals surface area contributed by atoms with Crippen LogP contribution in [0.2, 0.25) is 0 Å². The lowest BCUT2D eigenvalue weighted by Crippen LogP contribution is -2.41. The molecule has 164 valence electrons. The number of benzene rings is 1. The van der Waals surface area contributed by atoms with E-state index in [0.29, 0.717) is 46.1 Å². The minimum atomic E-state index is -1.24. The van der Waals surface area contributed by atoms with Gasteiger partial charge in [-0.05, 0) is 45.9 Å². The fourth-order valence-electron chi connectivity index (χ4n) is 4.49. The molecule has 3 aromatic heterocycles. The number of hydrogen-bond donors (Lipinski definition) is 1. The summed E-state index contributed by atoms with van der Waals surface area (Å²) in [4.78, 5) is 40.2. The van der Waals surface area contributed by atoms with Gasteiger partial charge >= 0.3 is 6.03 Å². The molecule has 0 spiro atoms. The van der Waals surface area contributed by atoms with Crippen molar-refractivity contribution in [2.45, 2.75) is 46.3 Å². The van der Waals surface area contributed by atoms with Gasteiger partial charge in [-0.2, -0.15) is 0 Å². The molecule has 1 aliphatic rings. The normalized spacial score (nSPS) is 18.8. The number of urea groups is 1. The van der Waals surface area contributed by atoms with Gasteiger partial charge in [-0.3, -0.25) is 23.5 Å². The van der Waals surface area contributed by atoms with Crippen molar-refractivity contribution < 1.29 is 14.0 Å². The first-order valence-corrected chi connectivity index (χ1v) is 10.3. The van der Waals surface area contributed by atoms with Crippen LogP contribution in [0.4, 0.5) is 4.79 Å². The number of rotatable bonds is 4. The van der Waals surface area contributed by atoms with E-state index in [2.05, 4.69) is 15.5 Å². The molecule has 1 unspecified atom stereocenters. The number of amides is 3. The van der Waals surface area contributed by atoms with Crippen LogP contribution in [0.25, 0.3) is 16.7 Å². The quantitative estimate of drug-likeness (QED) is 0.493. The van der Waals surface area contributed by atoms with Crippen LogP contribution in [0.5, 0.6) is 0 Å². The van der Waals surface area contributed by atoms with E-state index in [1.165, 1.54) is 4.57 Å². The molecule has 3 amide bonds. The Hall–Kier alpha value is -3.95. The largest absolute Gasteiger partial charge is 0.466 e. The maximum absolute atomic E-state index is 13.4. The summed E-state index contributed by atoms with van der Waals surface area (Å²) in [5.41, 5.74) is -0.170. The number of hydrogen-bond acceptors (Lipinski definition) is 6. The summed E-state index contributed by atoms with van der Waals surface area (Å²) in [5, 5.41) is 11.7. The highest BCUT2D eigenvalue weighted by Crippen LogP contribution is 2.33. The molecule has 0 bridgehead atoms. The highest BCUT2D eigenvalue weighted by atomic mass is 16.3. The highest BCUT2D eigenvalue weighted by molar-refractivity contribution is 6.07. The number of aromatic nitrogens is 4. The third-order valence-corrected chi connectivity index (χ3v) is 6.05. The fourth-order valence-corrected chi connectivity index (χ4v) is 4.49. The fraction of sp³-hybridized carbons (Fsp3) is 0.318. The molecule has 1 aliphatic heterocycles. The highest BCUT2D eigenvalue weighted by Gasteiger charge is 2.50. The monoisotopic (exact) mass is 434 g/mol. The molecule has 5 rings (SSSR count). The number of nitrogens with one attached hydrogen (secondary N) is 1. The van der Waals surface area contributed by atoms with Gasteiger partial charge in [-0.25, -0.2) is 4.79 Å². The summed E-state index contributed by atoms with van der Waals surface area (Å²) in [5.74, 6) is 1.57. The second-order valence-electron chi connectivity index (χ2n) is 8.09. The summed E-state index contributed by atoms with van der Waals surface area (Å²) < 4.78 is 8.82. The third-order valence-electron chi connectivity index (χ3n) is 6.05. The third kappa shape index (κ3) is 2.62. The van der Waals surface area contributed by atoms with Gasteiger partial charge in [0.05, 0.1) is 17.4 Å². The molecular weight excluding hydrogens is 412 g/mol. The van der Waals surface area contributed by atoms with Crippen LogP contribution in [0.1, 0.15) is 36.8 Å². The van der Waals surface area contributed by atoms with Gasteiger partial charge in [0.1, 0.15) is 17.1 Å². The van der Waals surface area contributed by atoms with E-state index in [1.54, 1.807) is 49.4 Å². The topological polar surface area (TPSA) is 115 Å². The Morgan fingerprint density at radius 3 is 2.56 bits per heavy atom. The van der Waals surface area contributed by atoms with Gasteiger partial charge in [-0.15, -0.1) is 10.2 Å². The smallest absolute Gasteiger partial charge is 0.325 e. The van der Waals surface area contributed by atoms with Crippen molar-refractivity contribution in [2.75, 3.05) is 0 Å². The van der Waals surface area contributed by atoms with Crippen LogP contribution in [-0.2, 0) is 23.4 Å². The lowest BCUT2D eigenvalue weighted by molar-refractivity contribution is -0.131. The summed E-state index contributed by atoms with van der Waals surface area (Å²) in [7, 11) is 0. The maximum Gasteiger partial charge on any atom is 0.325 e. The second-order valence-corrected chi connectivity index (χ2v) is 8.09. The Labute approximate surface area is 182 Å². The maximum atomic E-state index is 13.4. The van der Waals surface area contributed by atoms with Gasteiger partial charge in [0, 0.05) is 12.1 Å². The number of furan rings is 1. The molecular formula is C22H22N6O4. The molecule has 1 atom stereocenters. The lowest BCUT2D eigenvalue weighted by Gasteiger charge is -2.21. The first kappa shape index (κ1) is 20.0. The van der Waals surface area contributed by atoms with Gasteiger partial charge in [0.25, 0.3) is 11.5 Å². The van der Waals surface area contributed by atoms with Crippen LogP contribution in [-0.4, -0.2) is 36.0 Å². The summed E-state index contributed by atoms with van der Waals surface area (Å²) in [6.45, 7) is 7.38. The molecule has 0 aliphatic carbocycles. The van der Waals surface area contributed by atoms with E-state index >= 15 is 0 Å². The summed E-state index contributed by atoms with van der Waals surface area (Å²) in [6, 6.07) is 8.37. The van der Waals surface area contributed by atoms with Crippen molar-refractivity contribution in [1.29, 1.82) is 0 Å². The van der Waals surface area contributed by atoms with Crippen LogP contribution in [0.3, 0.4) is 0 Å². The van der Waals surface area contributed by atoms with Crippen molar-refractivity contribution in [3.63, 3.8) is 0 Å². The number of nitrogens with zero attached hydrogens (tertiary/aromatic N) is 5. The van der Waals surface area contributed by atoms with E-state index in [1.807, 2.05) is 13.0 Å². The SMILES string of the molecule is CCn1c(=O)c2ccccc2n2c(CN3C(=O)NC(C)(c4cc(C)oc4C)C3=O)nnc12. The van der Waals surface area contributed by atoms with E-state index in [9.17, 15) is 14.4 Å². The molecule has 0 radical (unpaired) electrons. The number of aryl methyl sites for hydroxylation is 3. The Morgan fingerprint density at radius 1 is 1.12 bits per heavy atom. The number of carbonyl (C=O) groups is 2. The molecule has 1 aromatic carbocycles. The zero-order chi connectivity index (χ0) is 22.8. The molecule has 10 nitrogen and oxygen atoms in total. The van der Waals surface area contributed by atoms with Gasteiger partial charge < -0.3 is 9.73 Å². The van der Waals surface area contributed by atoms with Crippen LogP contribution in [0, 0.1) is 13.8 Å². The summed E-state index contributed by atoms with van der Waals surface area (Å²) in [6.07, 6.45) is 0. The number of para-hydroxylation sites is 1. The number of carbonyl (C=O) groups excluding carboxylic acids is 2. The number of imide groups is 1. The first-order valence-electron chi connectivity index (χ1n) is 10.3. The average molecular weight is 434 g/mol.